The number of phenols is 1. The first kappa shape index (κ1) is 11.6. The van der Waals surface area contributed by atoms with Crippen LogP contribution in [0.15, 0.2) is 28.8 Å². The van der Waals surface area contributed by atoms with Gasteiger partial charge < -0.3 is 14.4 Å². The second-order valence-electron chi connectivity index (χ2n) is 3.66. The van der Waals surface area contributed by atoms with E-state index < -0.39 is 0 Å². The van der Waals surface area contributed by atoms with Crippen LogP contribution in [0.2, 0.25) is 0 Å². The van der Waals surface area contributed by atoms with Gasteiger partial charge in [0.2, 0.25) is 0 Å². The van der Waals surface area contributed by atoms with E-state index >= 15 is 0 Å². The van der Waals surface area contributed by atoms with Gasteiger partial charge in [0.05, 0.1) is 0 Å². The number of aryl methyl sites for hydroxylation is 1. The Kier molecular flexibility index (Phi) is 3.72. The van der Waals surface area contributed by atoms with Crippen molar-refractivity contribution >= 4 is 0 Å². The van der Waals surface area contributed by atoms with Crippen molar-refractivity contribution < 1.29 is 14.4 Å². The van der Waals surface area contributed by atoms with Crippen LogP contribution in [0, 0.1) is 0 Å². The molecule has 0 saturated carbocycles. The Hall–Kier alpha value is -1.88. The van der Waals surface area contributed by atoms with Gasteiger partial charge >= 0.3 is 0 Å². The zero-order valence-corrected chi connectivity index (χ0v) is 9.59. The van der Waals surface area contributed by atoms with Crippen LogP contribution in [0.4, 0.5) is 0 Å². The van der Waals surface area contributed by atoms with Crippen molar-refractivity contribution in [2.45, 2.75) is 12.8 Å². The van der Waals surface area contributed by atoms with E-state index in [-0.39, 0.29) is 5.75 Å². The van der Waals surface area contributed by atoms with Crippen LogP contribution in [0.1, 0.15) is 12.2 Å². The largest absolute Gasteiger partial charge is 0.508 e. The highest BCUT2D eigenvalue weighted by Gasteiger charge is 2.08. The second kappa shape index (κ2) is 5.45. The molecule has 17 heavy (non-hydrogen) atoms. The molecular weight excluding hydrogens is 220 g/mol. The third-order valence-corrected chi connectivity index (χ3v) is 2.31. The van der Waals surface area contributed by atoms with E-state index in [1.807, 2.05) is 6.07 Å². The number of phenolic OH excluding ortho intramolecular Hbond substituents is 1. The van der Waals surface area contributed by atoms with Crippen LogP contribution < -0.4 is 0 Å². The molecule has 0 aliphatic rings. The molecule has 0 bridgehead atoms. The molecule has 0 aliphatic heterocycles. The van der Waals surface area contributed by atoms with Crippen molar-refractivity contribution in [2.24, 2.45) is 0 Å². The molecule has 0 atom stereocenters. The number of ether oxygens (including phenoxy) is 1. The zero-order chi connectivity index (χ0) is 12.1. The van der Waals surface area contributed by atoms with Crippen LogP contribution in [0.5, 0.6) is 5.75 Å². The molecule has 0 unspecified atom stereocenters. The third-order valence-electron chi connectivity index (χ3n) is 2.31. The van der Waals surface area contributed by atoms with Gasteiger partial charge in [0, 0.05) is 25.7 Å². The Morgan fingerprint density at radius 2 is 2.29 bits per heavy atom. The van der Waals surface area contributed by atoms with Gasteiger partial charge in [-0.2, -0.15) is 4.98 Å². The molecule has 0 fully saturated rings. The first-order chi connectivity index (χ1) is 8.29. The summed E-state index contributed by atoms with van der Waals surface area (Å²) in [6.45, 7) is 0.677. The third kappa shape index (κ3) is 3.04. The van der Waals surface area contributed by atoms with E-state index in [2.05, 4.69) is 10.1 Å². The monoisotopic (exact) mass is 234 g/mol. The zero-order valence-electron chi connectivity index (χ0n) is 9.59. The van der Waals surface area contributed by atoms with Crippen molar-refractivity contribution in [3.63, 3.8) is 0 Å². The van der Waals surface area contributed by atoms with Gasteiger partial charge in [-0.25, -0.2) is 0 Å². The van der Waals surface area contributed by atoms with Gasteiger partial charge in [-0.15, -0.1) is 0 Å². The average molecular weight is 234 g/mol. The summed E-state index contributed by atoms with van der Waals surface area (Å²) in [5.74, 6) is 1.26. The molecule has 2 rings (SSSR count). The van der Waals surface area contributed by atoms with Crippen LogP contribution in [-0.2, 0) is 11.2 Å². The number of nitrogens with zero attached hydrogens (tertiary/aromatic N) is 2. The van der Waals surface area contributed by atoms with Crippen LogP contribution in [0.3, 0.4) is 0 Å². The molecule has 0 saturated heterocycles. The maximum absolute atomic E-state index is 9.35. The quantitative estimate of drug-likeness (QED) is 0.801. The van der Waals surface area contributed by atoms with E-state index in [0.717, 1.165) is 18.4 Å². The summed E-state index contributed by atoms with van der Waals surface area (Å²) in [5, 5.41) is 13.2. The maximum Gasteiger partial charge on any atom is 0.258 e. The van der Waals surface area contributed by atoms with Crippen molar-refractivity contribution in [2.75, 3.05) is 13.7 Å². The standard InChI is InChI=1S/C12H14N2O3/c1-16-7-3-6-11-13-12(17-14-11)9-4-2-5-10(15)8-9/h2,4-5,8,15H,3,6-7H2,1H3. The Bertz CT molecular complexity index is 482. The summed E-state index contributed by atoms with van der Waals surface area (Å²) in [6, 6.07) is 6.73. The molecule has 2 aromatic rings. The Morgan fingerprint density at radius 1 is 1.41 bits per heavy atom. The number of rotatable bonds is 5. The molecule has 0 radical (unpaired) electrons. The molecule has 0 spiro atoms. The molecule has 1 N–H and O–H groups in total. The second-order valence-corrected chi connectivity index (χ2v) is 3.66. The fraction of sp³-hybridized carbons (Fsp3) is 0.333. The fourth-order valence-electron chi connectivity index (χ4n) is 1.49. The van der Waals surface area contributed by atoms with Crippen LogP contribution >= 0.6 is 0 Å². The number of methoxy groups -OCH3 is 1. The van der Waals surface area contributed by atoms with Gasteiger partial charge in [-0.05, 0) is 24.6 Å². The Morgan fingerprint density at radius 3 is 3.06 bits per heavy atom. The van der Waals surface area contributed by atoms with Gasteiger partial charge in [0.25, 0.3) is 5.89 Å². The SMILES string of the molecule is COCCCc1noc(-c2cccc(O)c2)n1. The molecule has 0 aliphatic carbocycles. The maximum atomic E-state index is 9.35. The lowest BCUT2D eigenvalue weighted by atomic mass is 10.2. The van der Waals surface area contributed by atoms with E-state index in [4.69, 9.17) is 9.26 Å². The van der Waals surface area contributed by atoms with E-state index in [1.54, 1.807) is 25.3 Å². The summed E-state index contributed by atoms with van der Waals surface area (Å²) in [4.78, 5) is 4.25. The predicted molar refractivity (Wildman–Crippen MR) is 61.6 cm³/mol. The number of hydrogen-bond acceptors (Lipinski definition) is 5. The van der Waals surface area contributed by atoms with Crippen molar-refractivity contribution in [3.05, 3.63) is 30.1 Å². The van der Waals surface area contributed by atoms with Crippen molar-refractivity contribution in [1.82, 2.24) is 10.1 Å². The molecular formula is C12H14N2O3. The highest BCUT2D eigenvalue weighted by Crippen LogP contribution is 2.21. The van der Waals surface area contributed by atoms with Gasteiger partial charge in [0.15, 0.2) is 5.82 Å². The number of aromatic hydroxyl groups is 1. The molecule has 1 aromatic heterocycles. The minimum Gasteiger partial charge on any atom is -0.508 e. The van der Waals surface area contributed by atoms with Gasteiger partial charge in [-0.1, -0.05) is 11.2 Å². The van der Waals surface area contributed by atoms with Crippen LogP contribution in [-0.4, -0.2) is 29.0 Å². The highest BCUT2D eigenvalue weighted by atomic mass is 16.5. The minimum atomic E-state index is 0.182. The lowest BCUT2D eigenvalue weighted by Crippen LogP contribution is -1.94. The lowest BCUT2D eigenvalue weighted by Gasteiger charge is -1.94. The Balaban J connectivity index is 2.07. The summed E-state index contributed by atoms with van der Waals surface area (Å²) in [6.07, 6.45) is 1.58. The van der Waals surface area contributed by atoms with Gasteiger partial charge in [0.1, 0.15) is 5.75 Å². The van der Waals surface area contributed by atoms with E-state index in [9.17, 15) is 5.11 Å². The predicted octanol–water partition coefficient (Wildman–Crippen LogP) is 2.02. The first-order valence-corrected chi connectivity index (χ1v) is 5.40. The molecule has 0 amide bonds. The number of benzene rings is 1. The van der Waals surface area contributed by atoms with Gasteiger partial charge in [-0.3, -0.25) is 0 Å². The summed E-state index contributed by atoms with van der Waals surface area (Å²) >= 11 is 0. The summed E-state index contributed by atoms with van der Waals surface area (Å²) in [7, 11) is 1.66. The average Bonchev–Trinajstić information content (AvgIpc) is 2.78. The van der Waals surface area contributed by atoms with E-state index in [0.29, 0.717) is 18.3 Å². The normalized spacial score (nSPS) is 10.6. The molecule has 5 nitrogen and oxygen atoms in total. The Labute approximate surface area is 99.0 Å². The fourth-order valence-corrected chi connectivity index (χ4v) is 1.49. The topological polar surface area (TPSA) is 68.4 Å². The molecule has 90 valence electrons. The number of hydrogen-bond donors (Lipinski definition) is 1. The van der Waals surface area contributed by atoms with Crippen molar-refractivity contribution in [3.8, 4) is 17.2 Å². The van der Waals surface area contributed by atoms with Crippen LogP contribution in [0.25, 0.3) is 11.5 Å². The van der Waals surface area contributed by atoms with Crippen molar-refractivity contribution in [1.29, 1.82) is 0 Å². The minimum absolute atomic E-state index is 0.182. The summed E-state index contributed by atoms with van der Waals surface area (Å²) < 4.78 is 10.1. The molecule has 5 heteroatoms. The lowest BCUT2D eigenvalue weighted by molar-refractivity contribution is 0.194. The molecule has 1 heterocycles. The highest BCUT2D eigenvalue weighted by molar-refractivity contribution is 5.55. The van der Waals surface area contributed by atoms with E-state index in [1.165, 1.54) is 0 Å². The number of aromatic nitrogens is 2. The first-order valence-electron chi connectivity index (χ1n) is 5.40. The summed E-state index contributed by atoms with van der Waals surface area (Å²) in [5.41, 5.74) is 0.718. The molecule has 1 aromatic carbocycles. The smallest absolute Gasteiger partial charge is 0.258 e.